The summed E-state index contributed by atoms with van der Waals surface area (Å²) in [5.74, 6) is -0.500. The lowest BCUT2D eigenvalue weighted by molar-refractivity contribution is 0.0812. The number of pyridine rings is 1. The molecule has 0 aliphatic carbocycles. The molecule has 1 rings (SSSR count). The second kappa shape index (κ2) is 4.70. The van der Waals surface area contributed by atoms with Crippen LogP contribution in [-0.4, -0.2) is 39.5 Å². The molecule has 0 aliphatic rings. The maximum Gasteiger partial charge on any atom is 0.257 e. The molecule has 1 aromatic rings. The van der Waals surface area contributed by atoms with Crippen LogP contribution in [0.2, 0.25) is 0 Å². The van der Waals surface area contributed by atoms with Gasteiger partial charge in [0.1, 0.15) is 5.75 Å². The zero-order chi connectivity index (χ0) is 11.4. The molecule has 0 radical (unpaired) electrons. The van der Waals surface area contributed by atoms with Gasteiger partial charge in [-0.2, -0.15) is 0 Å². The van der Waals surface area contributed by atoms with Gasteiger partial charge >= 0.3 is 0 Å². The highest BCUT2D eigenvalue weighted by molar-refractivity contribution is 7.80. The molecule has 5 nitrogen and oxygen atoms in total. The van der Waals surface area contributed by atoms with Crippen molar-refractivity contribution in [2.75, 3.05) is 13.6 Å². The molecule has 1 aromatic heterocycles. The first-order valence-corrected chi connectivity index (χ1v) is 4.60. The molecule has 0 saturated carbocycles. The molecule has 0 spiro atoms. The normalized spacial score (nSPS) is 9.67. The fraction of sp³-hybridized carbons (Fsp3) is 0.222. The van der Waals surface area contributed by atoms with E-state index in [1.807, 2.05) is 0 Å². The fourth-order valence-corrected chi connectivity index (χ4v) is 1.27. The summed E-state index contributed by atoms with van der Waals surface area (Å²) in [5, 5.41) is 9.39. The van der Waals surface area contributed by atoms with Crippen LogP contribution in [0.4, 0.5) is 0 Å². The molecule has 0 atom stereocenters. The minimum atomic E-state index is -0.345. The summed E-state index contributed by atoms with van der Waals surface area (Å²) in [6.07, 6.45) is 2.64. The quantitative estimate of drug-likeness (QED) is 0.716. The van der Waals surface area contributed by atoms with Gasteiger partial charge in [-0.3, -0.25) is 9.78 Å². The average molecular weight is 225 g/mol. The van der Waals surface area contributed by atoms with E-state index >= 15 is 0 Å². The molecule has 0 aliphatic heterocycles. The Bertz CT molecular complexity index is 395. The zero-order valence-electron chi connectivity index (χ0n) is 8.17. The third-order valence-electron chi connectivity index (χ3n) is 1.77. The van der Waals surface area contributed by atoms with E-state index in [0.717, 1.165) is 0 Å². The van der Waals surface area contributed by atoms with Crippen molar-refractivity contribution in [1.82, 2.24) is 9.88 Å². The van der Waals surface area contributed by atoms with Gasteiger partial charge in [0.05, 0.1) is 23.3 Å². The van der Waals surface area contributed by atoms with E-state index in [-0.39, 0.29) is 28.8 Å². The monoisotopic (exact) mass is 225 g/mol. The van der Waals surface area contributed by atoms with E-state index < -0.39 is 0 Å². The fourth-order valence-electron chi connectivity index (χ4n) is 1.08. The van der Waals surface area contributed by atoms with E-state index in [1.165, 1.54) is 23.4 Å². The molecule has 15 heavy (non-hydrogen) atoms. The predicted octanol–water partition coefficient (Wildman–Crippen LogP) is 0.145. The Hall–Kier alpha value is -1.69. The standard InChI is InChI=1S/C9H11N3O2S/c1-12(5-8(10)15)9(14)6-2-3-11-4-7(6)13/h2-4,13H,5H2,1H3,(H2,10,15). The molecule has 80 valence electrons. The third kappa shape index (κ3) is 2.88. The lowest BCUT2D eigenvalue weighted by Gasteiger charge is -2.16. The zero-order valence-corrected chi connectivity index (χ0v) is 8.99. The van der Waals surface area contributed by atoms with E-state index in [9.17, 15) is 9.90 Å². The van der Waals surface area contributed by atoms with Gasteiger partial charge in [0.15, 0.2) is 0 Å². The number of amides is 1. The summed E-state index contributed by atoms with van der Waals surface area (Å²) in [7, 11) is 1.56. The number of likely N-dealkylation sites (N-methyl/N-ethyl adjacent to an activating group) is 1. The molecule has 0 aromatic carbocycles. The van der Waals surface area contributed by atoms with Crippen LogP contribution in [0.25, 0.3) is 0 Å². The highest BCUT2D eigenvalue weighted by Crippen LogP contribution is 2.15. The highest BCUT2D eigenvalue weighted by atomic mass is 32.1. The smallest absolute Gasteiger partial charge is 0.257 e. The summed E-state index contributed by atoms with van der Waals surface area (Å²) >= 11 is 4.68. The first kappa shape index (κ1) is 11.4. The molecule has 0 fully saturated rings. The topological polar surface area (TPSA) is 79.5 Å². The number of carbonyl (C=O) groups excluding carboxylic acids is 1. The minimum absolute atomic E-state index is 0.155. The van der Waals surface area contributed by atoms with Gasteiger partial charge in [0.25, 0.3) is 5.91 Å². The summed E-state index contributed by atoms with van der Waals surface area (Å²) in [5.41, 5.74) is 5.49. The summed E-state index contributed by atoms with van der Waals surface area (Å²) in [6.45, 7) is 0.177. The molecule has 0 unspecified atom stereocenters. The molecule has 6 heteroatoms. The lowest BCUT2D eigenvalue weighted by Crippen LogP contribution is -2.34. The Morgan fingerprint density at radius 1 is 1.73 bits per heavy atom. The number of rotatable bonds is 3. The van der Waals surface area contributed by atoms with Gasteiger partial charge in [0.2, 0.25) is 0 Å². The van der Waals surface area contributed by atoms with Crippen LogP contribution in [0.5, 0.6) is 5.75 Å². The maximum absolute atomic E-state index is 11.7. The van der Waals surface area contributed by atoms with Crippen molar-refractivity contribution in [2.45, 2.75) is 0 Å². The van der Waals surface area contributed by atoms with Crippen LogP contribution in [0.15, 0.2) is 18.5 Å². The molecule has 0 saturated heterocycles. The second-order valence-corrected chi connectivity index (χ2v) is 3.54. The SMILES string of the molecule is CN(CC(N)=S)C(=O)c1ccncc1O. The van der Waals surface area contributed by atoms with Gasteiger partial charge in [-0.05, 0) is 6.07 Å². The Balaban J connectivity index is 2.85. The van der Waals surface area contributed by atoms with Crippen molar-refractivity contribution in [3.8, 4) is 5.75 Å². The Labute approximate surface area is 92.5 Å². The van der Waals surface area contributed by atoms with Crippen molar-refractivity contribution in [1.29, 1.82) is 0 Å². The highest BCUT2D eigenvalue weighted by Gasteiger charge is 2.15. The van der Waals surface area contributed by atoms with Crippen LogP contribution >= 0.6 is 12.2 Å². The molecular weight excluding hydrogens is 214 g/mol. The molecular formula is C9H11N3O2S. The number of nitrogens with two attached hydrogens (primary N) is 1. The van der Waals surface area contributed by atoms with Gasteiger partial charge in [-0.1, -0.05) is 12.2 Å². The number of aromatic hydroxyl groups is 1. The number of thiocarbonyl (C=S) groups is 1. The molecule has 0 bridgehead atoms. The Morgan fingerprint density at radius 3 is 2.93 bits per heavy atom. The van der Waals surface area contributed by atoms with Crippen LogP contribution in [0.3, 0.4) is 0 Å². The number of nitrogens with zero attached hydrogens (tertiary/aromatic N) is 2. The largest absolute Gasteiger partial charge is 0.505 e. The lowest BCUT2D eigenvalue weighted by atomic mass is 10.2. The number of carbonyl (C=O) groups is 1. The first-order valence-electron chi connectivity index (χ1n) is 4.19. The summed E-state index contributed by atoms with van der Waals surface area (Å²) in [4.78, 5) is 17.0. The van der Waals surface area contributed by atoms with E-state index in [0.29, 0.717) is 0 Å². The van der Waals surface area contributed by atoms with Gasteiger partial charge < -0.3 is 15.7 Å². The van der Waals surface area contributed by atoms with Crippen molar-refractivity contribution in [2.24, 2.45) is 5.73 Å². The number of hydrogen-bond acceptors (Lipinski definition) is 4. The van der Waals surface area contributed by atoms with Crippen LogP contribution in [0.1, 0.15) is 10.4 Å². The van der Waals surface area contributed by atoms with E-state index in [2.05, 4.69) is 17.2 Å². The Kier molecular flexibility index (Phi) is 3.56. The van der Waals surface area contributed by atoms with Gasteiger partial charge in [0, 0.05) is 13.2 Å². The van der Waals surface area contributed by atoms with Gasteiger partial charge in [-0.15, -0.1) is 0 Å². The predicted molar refractivity (Wildman–Crippen MR) is 59.6 cm³/mol. The Morgan fingerprint density at radius 2 is 2.40 bits per heavy atom. The van der Waals surface area contributed by atoms with Crippen LogP contribution in [-0.2, 0) is 0 Å². The first-order chi connectivity index (χ1) is 7.02. The molecule has 1 amide bonds. The second-order valence-electron chi connectivity index (χ2n) is 3.02. The average Bonchev–Trinajstić information content (AvgIpc) is 2.16. The summed E-state index contributed by atoms with van der Waals surface area (Å²) in [6, 6.07) is 1.44. The molecule has 1 heterocycles. The van der Waals surface area contributed by atoms with Crippen LogP contribution in [0, 0.1) is 0 Å². The van der Waals surface area contributed by atoms with Crippen molar-refractivity contribution >= 4 is 23.1 Å². The van der Waals surface area contributed by atoms with Gasteiger partial charge in [-0.25, -0.2) is 0 Å². The van der Waals surface area contributed by atoms with E-state index in [1.54, 1.807) is 7.05 Å². The molecule has 3 N–H and O–H groups in total. The maximum atomic E-state index is 11.7. The van der Waals surface area contributed by atoms with Crippen LogP contribution < -0.4 is 5.73 Å². The minimum Gasteiger partial charge on any atom is -0.505 e. The number of hydrogen-bond donors (Lipinski definition) is 2. The third-order valence-corrected chi connectivity index (χ3v) is 1.90. The van der Waals surface area contributed by atoms with Crippen molar-refractivity contribution in [3.05, 3.63) is 24.0 Å². The van der Waals surface area contributed by atoms with E-state index in [4.69, 9.17) is 5.73 Å². The van der Waals surface area contributed by atoms with Crippen molar-refractivity contribution in [3.63, 3.8) is 0 Å². The summed E-state index contributed by atoms with van der Waals surface area (Å²) < 4.78 is 0. The van der Waals surface area contributed by atoms with Crippen molar-refractivity contribution < 1.29 is 9.90 Å². The number of aromatic nitrogens is 1.